The summed E-state index contributed by atoms with van der Waals surface area (Å²) >= 11 is 0. The molecule has 6 rings (SSSR count). The minimum Gasteiger partial charge on any atom is -0.464 e. The fourth-order valence-electron chi connectivity index (χ4n) is 13.8. The van der Waals surface area contributed by atoms with Crippen molar-refractivity contribution in [2.75, 3.05) is 94.6 Å². The molecule has 29 nitrogen and oxygen atoms in total. The number of hydrogen-bond acceptors (Lipinski definition) is 20. The van der Waals surface area contributed by atoms with Gasteiger partial charge in [0.1, 0.15) is 24.8 Å². The Morgan fingerprint density at radius 1 is 0.670 bits per heavy atom. The van der Waals surface area contributed by atoms with E-state index in [0.717, 1.165) is 16.7 Å². The molecule has 0 saturated carbocycles. The molecular weight excluding hydrogens is 1410 g/mol. The Labute approximate surface area is 623 Å². The van der Waals surface area contributed by atoms with Gasteiger partial charge in [0.25, 0.3) is 0 Å². The van der Waals surface area contributed by atoms with Gasteiger partial charge in [-0.2, -0.15) is 4.31 Å². The molecule has 31 heteroatoms. The summed E-state index contributed by atoms with van der Waals surface area (Å²) < 4.78 is 70.2. The second kappa shape index (κ2) is 42.4. The third kappa shape index (κ3) is 25.1. The van der Waals surface area contributed by atoms with Crippen molar-refractivity contribution >= 4 is 63.0 Å². The van der Waals surface area contributed by atoms with Gasteiger partial charge < -0.3 is 69.9 Å². The van der Waals surface area contributed by atoms with Gasteiger partial charge >= 0.3 is 21.6 Å². The van der Waals surface area contributed by atoms with Crippen LogP contribution < -0.4 is 31.9 Å². The lowest BCUT2D eigenvalue weighted by Gasteiger charge is -2.41. The summed E-state index contributed by atoms with van der Waals surface area (Å²) in [5, 5.41) is 17.4. The molecule has 8 N–H and O–H groups in total. The molecule has 0 aromatic heterocycles. The Bertz CT molecular complexity index is 3450. The Hall–Kier alpha value is -7.34. The molecule has 106 heavy (non-hydrogen) atoms. The Morgan fingerprint density at radius 2 is 1.25 bits per heavy atom. The number of phosphoric acid groups is 2. The van der Waals surface area contributed by atoms with E-state index in [0.29, 0.717) is 32.2 Å². The number of amides is 7. The van der Waals surface area contributed by atoms with Crippen LogP contribution in [0.4, 0.5) is 0 Å². The Morgan fingerprint density at radius 3 is 1.77 bits per heavy atom. The summed E-state index contributed by atoms with van der Waals surface area (Å²) in [7, 11) is -2.67. The second-order valence-corrected chi connectivity index (χ2v) is 30.7. The van der Waals surface area contributed by atoms with E-state index in [1.54, 1.807) is 54.1 Å². The Kier molecular flexibility index (Phi) is 35.0. The van der Waals surface area contributed by atoms with Crippen LogP contribution in [0.3, 0.4) is 0 Å². The van der Waals surface area contributed by atoms with Crippen molar-refractivity contribution in [3.05, 3.63) is 144 Å². The predicted molar refractivity (Wildman–Crippen MR) is 396 cm³/mol. The molecule has 4 aromatic rings. The summed E-state index contributed by atoms with van der Waals surface area (Å²) in [4.78, 5) is 137. The van der Waals surface area contributed by atoms with E-state index in [1.165, 1.54) is 21.1 Å². The molecule has 0 aliphatic carbocycles. The number of carbonyl (C=O) groups excluding carboxylic acids is 8. The number of cyclic esters (lactones) is 1. The molecule has 14 atom stereocenters. The smallest absolute Gasteiger partial charge is 0.464 e. The number of benzene rings is 4. The fraction of sp³-hybridized carbons (Fsp3) is 0.573. The zero-order valence-corrected chi connectivity index (χ0v) is 65.0. The first kappa shape index (κ1) is 87.6. The largest absolute Gasteiger partial charge is 0.481 e. The lowest BCUT2D eigenvalue weighted by molar-refractivity contribution is -0.148. The first-order valence-corrected chi connectivity index (χ1v) is 39.1. The van der Waals surface area contributed by atoms with Gasteiger partial charge in [0.05, 0.1) is 99.8 Å². The number of likely N-dealkylation sites (tertiary alicyclic amines) is 1. The van der Waals surface area contributed by atoms with Crippen molar-refractivity contribution in [2.24, 2.45) is 23.7 Å². The summed E-state index contributed by atoms with van der Waals surface area (Å²) in [6.45, 7) is 13.7. The number of ether oxygens (including phenoxy) is 5. The highest BCUT2D eigenvalue weighted by Gasteiger charge is 2.46. The topological polar surface area (TPSA) is 367 Å². The van der Waals surface area contributed by atoms with Crippen LogP contribution in [0, 0.1) is 23.7 Å². The van der Waals surface area contributed by atoms with Crippen LogP contribution in [0.15, 0.2) is 121 Å². The molecule has 0 radical (unpaired) electrons. The van der Waals surface area contributed by atoms with E-state index in [4.69, 9.17) is 37.0 Å². The molecule has 586 valence electrons. The van der Waals surface area contributed by atoms with Crippen LogP contribution in [-0.4, -0.2) is 221 Å². The van der Waals surface area contributed by atoms with Gasteiger partial charge in [-0.05, 0) is 73.9 Å². The predicted octanol–water partition coefficient (Wildman–Crippen LogP) is 6.17. The molecule has 2 aliphatic heterocycles. The average molecular weight is 1520 g/mol. The third-order valence-electron chi connectivity index (χ3n) is 19.2. The maximum Gasteiger partial charge on any atom is 0.481 e. The number of rotatable bonds is 45. The van der Waals surface area contributed by atoms with Crippen LogP contribution in [0.1, 0.15) is 122 Å². The van der Waals surface area contributed by atoms with E-state index >= 15 is 0 Å². The fourth-order valence-corrected chi connectivity index (χ4v) is 16.0. The molecule has 2 fully saturated rings. The van der Waals surface area contributed by atoms with Crippen LogP contribution in [0.5, 0.6) is 0 Å². The molecule has 4 aromatic carbocycles. The van der Waals surface area contributed by atoms with Crippen LogP contribution in [0.2, 0.25) is 0 Å². The van der Waals surface area contributed by atoms with Crippen LogP contribution in [0.25, 0.3) is 0 Å². The highest BCUT2D eigenvalue weighted by Crippen LogP contribution is 2.62. The first-order valence-electron chi connectivity index (χ1n) is 36.1. The molecule has 2 aliphatic rings. The maximum absolute atomic E-state index is 14.6. The van der Waals surface area contributed by atoms with E-state index in [2.05, 4.69) is 31.9 Å². The minimum absolute atomic E-state index is 0.00167. The van der Waals surface area contributed by atoms with Crippen molar-refractivity contribution in [1.29, 1.82) is 0 Å². The number of carbonyl (C=O) groups is 8. The van der Waals surface area contributed by atoms with Gasteiger partial charge in [-0.3, -0.25) is 52.8 Å². The molecule has 2 heterocycles. The van der Waals surface area contributed by atoms with E-state index in [9.17, 15) is 57.3 Å². The quantitative estimate of drug-likeness (QED) is 0.0106. The monoisotopic (exact) mass is 1520 g/mol. The Balaban J connectivity index is 0.970. The van der Waals surface area contributed by atoms with Gasteiger partial charge in [-0.15, -0.1) is 0 Å². The number of methoxy groups -OCH3 is 2. The lowest BCUT2D eigenvalue weighted by Crippen LogP contribution is -2.59. The molecule has 2 unspecified atom stereocenters. The zero-order chi connectivity index (χ0) is 77.9. The SMILES string of the molecule is CC[C@H](C)[C@@H]([C@@H](CC(=O)N1CCC[C@H]1[C@H](OC)[C@@H](C)C(=O)N[C@H](C)[C@@H](OP(=O)(O)OP(=O)(O)OCCNC(=O)COCCOCCNC(=O)[C@H](CC(=O)N[C@H]1CCOC1=O)NC(c1ccccc1)(c1ccccc1)c1ccccc1)c1ccccc1)OC)N(C)C(=O)[C@@H](NC(=O)[C@H](C(C)C)N(C)C)C(C)C. The number of hydrogen-bond donors (Lipinski definition) is 8. The normalized spacial score (nSPS) is 18.7. The third-order valence-corrected chi connectivity index (χ3v) is 21.8. The lowest BCUT2D eigenvalue weighted by atomic mass is 9.76. The number of nitrogens with zero attached hydrogens (tertiary/aromatic N) is 3. The van der Waals surface area contributed by atoms with Gasteiger partial charge in [0.15, 0.2) is 0 Å². The van der Waals surface area contributed by atoms with Gasteiger partial charge in [-0.25, -0.2) is 13.9 Å². The highest BCUT2D eigenvalue weighted by molar-refractivity contribution is 7.61. The van der Waals surface area contributed by atoms with Crippen LogP contribution >= 0.6 is 15.6 Å². The van der Waals surface area contributed by atoms with Crippen molar-refractivity contribution < 1.29 is 94.3 Å². The number of phosphoric ester groups is 2. The van der Waals surface area contributed by atoms with Crippen molar-refractivity contribution in [2.45, 2.75) is 160 Å². The second-order valence-electron chi connectivity index (χ2n) is 27.7. The molecular formula is C75H111N9O20P2. The summed E-state index contributed by atoms with van der Waals surface area (Å²) in [5.74, 6) is -5.09. The van der Waals surface area contributed by atoms with Crippen molar-refractivity contribution in [1.82, 2.24) is 46.6 Å². The minimum atomic E-state index is -5.52. The zero-order valence-electron chi connectivity index (χ0n) is 63.2. The van der Waals surface area contributed by atoms with Gasteiger partial charge in [0, 0.05) is 47.3 Å². The molecule has 0 spiro atoms. The first-order chi connectivity index (χ1) is 50.4. The highest BCUT2D eigenvalue weighted by atomic mass is 31.3. The summed E-state index contributed by atoms with van der Waals surface area (Å²) in [6, 6.07) is 31.0. The number of likely N-dealkylation sites (N-methyl/N-ethyl adjacent to an activating group) is 2. The van der Waals surface area contributed by atoms with Crippen LogP contribution in [-0.2, 0) is 90.1 Å². The average Bonchev–Trinajstić information content (AvgIpc) is 0.890. The summed E-state index contributed by atoms with van der Waals surface area (Å²) in [6.07, 6.45) is -1.53. The molecule has 2 saturated heterocycles. The maximum atomic E-state index is 14.6. The summed E-state index contributed by atoms with van der Waals surface area (Å²) in [5.41, 5.74) is 1.53. The molecule has 7 amide bonds. The van der Waals surface area contributed by atoms with E-state index in [1.807, 2.05) is 152 Å². The molecule has 0 bridgehead atoms. The van der Waals surface area contributed by atoms with E-state index in [-0.39, 0.29) is 93.4 Å². The van der Waals surface area contributed by atoms with Gasteiger partial charge in [0.2, 0.25) is 41.4 Å². The van der Waals surface area contributed by atoms with Gasteiger partial charge in [-0.1, -0.05) is 176 Å². The van der Waals surface area contributed by atoms with E-state index < -0.39 is 131 Å². The number of nitrogens with one attached hydrogen (secondary N) is 6. The standard InChI is InChI=1S/C75H111N9O20P2/c1-14-51(6)67(83(11)73(91)65(49(2)3)80-72(90)66(50(4)5)82(9)10)61(97-12)47-64(87)84-40-27-36-60(84)68(98-13)52(7)70(88)78-53(8)69(54-28-19-15-20-29-54)103-106(95,96)104-105(93,94)102-43-39-76-63(86)48-100-45-44-99-42-38-77-71(89)59(46-62(85)79-58-37-41-101-74(58)92)81-75(55-30-21-16-22-31-55,56-32-23-17-24-33-56)57-34-25-18-26-35-57/h15-26,28-35,49-53,58-61,65-69,81H,14,27,36-48H2,1-13H3,(H,76,86)(H,77,89)(H,78,88)(H,79,85)(H,80,90)(H,93,94)(H,95,96)/t51-,52+,53+,58-,59-,60-,61+,65-,66-,67-,68+,69+/m0/s1. The van der Waals surface area contributed by atoms with Crippen molar-refractivity contribution in [3.8, 4) is 0 Å². The number of esters is 1. The van der Waals surface area contributed by atoms with Crippen molar-refractivity contribution in [3.63, 3.8) is 0 Å².